The lowest BCUT2D eigenvalue weighted by molar-refractivity contribution is -0.270. The molecule has 5 rings (SSSR count). The molecule has 9 heteroatoms. The molecule has 0 radical (unpaired) electrons. The molecule has 4 aromatic rings. The van der Waals surface area contributed by atoms with Crippen molar-refractivity contribution < 1.29 is 18.3 Å². The number of ether oxygens (including phenoxy) is 2. The van der Waals surface area contributed by atoms with Crippen LogP contribution in [0.3, 0.4) is 0 Å². The van der Waals surface area contributed by atoms with Crippen LogP contribution in [0.4, 0.5) is 8.78 Å². The lowest BCUT2D eigenvalue weighted by Crippen LogP contribution is -2.47. The van der Waals surface area contributed by atoms with Crippen LogP contribution in [0.5, 0.6) is 5.75 Å². The van der Waals surface area contributed by atoms with Gasteiger partial charge in [-0.05, 0) is 29.8 Å². The summed E-state index contributed by atoms with van der Waals surface area (Å²) in [6.07, 6.45) is 0.302. The highest BCUT2D eigenvalue weighted by molar-refractivity contribution is 5.80. The van der Waals surface area contributed by atoms with Gasteiger partial charge >= 0.3 is 6.11 Å². The zero-order valence-electron chi connectivity index (χ0n) is 18.4. The van der Waals surface area contributed by atoms with Crippen LogP contribution in [0.25, 0.3) is 16.6 Å². The lowest BCUT2D eigenvalue weighted by Gasteiger charge is -2.32. The van der Waals surface area contributed by atoms with E-state index >= 15 is 0 Å². The fraction of sp³-hybridized carbons (Fsp3) is 0.280. The van der Waals surface area contributed by atoms with Gasteiger partial charge in [-0.25, -0.2) is 0 Å². The molecule has 34 heavy (non-hydrogen) atoms. The Morgan fingerprint density at radius 3 is 2.71 bits per heavy atom. The molecule has 0 atom stereocenters. The highest BCUT2D eigenvalue weighted by Gasteiger charge is 2.36. The number of pyridine rings is 1. The first kappa shape index (κ1) is 22.2. The van der Waals surface area contributed by atoms with Crippen LogP contribution in [-0.4, -0.2) is 51.6 Å². The number of nitrogens with zero attached hydrogens (tertiary/aromatic N) is 4. The van der Waals surface area contributed by atoms with Gasteiger partial charge in [0.2, 0.25) is 0 Å². The van der Waals surface area contributed by atoms with Crippen LogP contribution >= 0.6 is 0 Å². The van der Waals surface area contributed by atoms with Gasteiger partial charge in [0, 0.05) is 36.4 Å². The number of halogens is 2. The third kappa shape index (κ3) is 5.00. The molecular weight excluding hydrogens is 442 g/mol. The molecule has 0 unspecified atom stereocenters. The van der Waals surface area contributed by atoms with Crippen molar-refractivity contribution in [2.75, 3.05) is 26.2 Å². The molecule has 2 aromatic heterocycles. The van der Waals surface area contributed by atoms with Crippen LogP contribution in [0.1, 0.15) is 5.56 Å². The second-order valence-corrected chi connectivity index (χ2v) is 8.22. The highest BCUT2D eigenvalue weighted by atomic mass is 19.3. The van der Waals surface area contributed by atoms with Crippen molar-refractivity contribution in [2.45, 2.75) is 19.3 Å². The Bertz CT molecular complexity index is 1340. The molecule has 0 spiro atoms. The minimum atomic E-state index is -3.10. The maximum absolute atomic E-state index is 13.4. The Balaban J connectivity index is 1.27. The summed E-state index contributed by atoms with van der Waals surface area (Å²) in [4.78, 5) is 14.4. The summed E-state index contributed by atoms with van der Waals surface area (Å²) in [5.74, 6) is 0.507. The van der Waals surface area contributed by atoms with Gasteiger partial charge in [-0.3, -0.25) is 18.9 Å². The molecule has 0 saturated carbocycles. The van der Waals surface area contributed by atoms with Crippen molar-refractivity contribution in [1.29, 1.82) is 0 Å². The second-order valence-electron chi connectivity index (χ2n) is 8.22. The molecule has 1 aliphatic rings. The summed E-state index contributed by atoms with van der Waals surface area (Å²) in [6, 6.07) is 18.6. The Morgan fingerprint density at radius 2 is 1.91 bits per heavy atom. The minimum Gasteiger partial charge on any atom is -0.489 e. The van der Waals surface area contributed by atoms with E-state index in [1.807, 2.05) is 48.5 Å². The lowest BCUT2D eigenvalue weighted by atomic mass is 10.2. The summed E-state index contributed by atoms with van der Waals surface area (Å²) in [7, 11) is 0. The Morgan fingerprint density at radius 1 is 1.06 bits per heavy atom. The molecule has 3 heterocycles. The van der Waals surface area contributed by atoms with E-state index in [2.05, 4.69) is 9.84 Å². The fourth-order valence-corrected chi connectivity index (χ4v) is 4.04. The van der Waals surface area contributed by atoms with Crippen molar-refractivity contribution in [3.63, 3.8) is 0 Å². The van der Waals surface area contributed by atoms with Gasteiger partial charge in [0.25, 0.3) is 5.56 Å². The summed E-state index contributed by atoms with van der Waals surface area (Å²) in [5, 5.41) is 5.27. The van der Waals surface area contributed by atoms with E-state index in [0.29, 0.717) is 37.7 Å². The van der Waals surface area contributed by atoms with Crippen molar-refractivity contribution in [3.8, 4) is 11.4 Å². The third-order valence-electron chi connectivity index (χ3n) is 5.80. The van der Waals surface area contributed by atoms with E-state index in [9.17, 15) is 13.6 Å². The number of morpholine rings is 1. The van der Waals surface area contributed by atoms with Gasteiger partial charge in [-0.2, -0.15) is 13.9 Å². The van der Waals surface area contributed by atoms with Crippen molar-refractivity contribution in [2.24, 2.45) is 0 Å². The van der Waals surface area contributed by atoms with Gasteiger partial charge < -0.3 is 9.47 Å². The van der Waals surface area contributed by atoms with Crippen LogP contribution in [0.2, 0.25) is 0 Å². The summed E-state index contributed by atoms with van der Waals surface area (Å²) in [5.41, 5.74) is 2.40. The molecule has 7 nitrogen and oxygen atoms in total. The van der Waals surface area contributed by atoms with E-state index in [1.54, 1.807) is 32.6 Å². The molecule has 176 valence electrons. The summed E-state index contributed by atoms with van der Waals surface area (Å²) in [6.45, 7) is 1.38. The average molecular weight is 466 g/mol. The smallest absolute Gasteiger partial charge is 0.368 e. The summed E-state index contributed by atoms with van der Waals surface area (Å²) < 4.78 is 40.4. The van der Waals surface area contributed by atoms with Crippen LogP contribution in [0.15, 0.2) is 77.9 Å². The Kier molecular flexibility index (Phi) is 6.12. The van der Waals surface area contributed by atoms with Gasteiger partial charge in [-0.1, -0.05) is 30.3 Å². The first-order valence-corrected chi connectivity index (χ1v) is 11.1. The molecule has 0 amide bonds. The summed E-state index contributed by atoms with van der Waals surface area (Å²) >= 11 is 0. The molecule has 0 N–H and O–H groups in total. The Hall–Kier alpha value is -3.56. The van der Waals surface area contributed by atoms with Gasteiger partial charge in [-0.15, -0.1) is 0 Å². The third-order valence-corrected chi connectivity index (χ3v) is 5.80. The predicted octanol–water partition coefficient (Wildman–Crippen LogP) is 3.69. The molecule has 2 aromatic carbocycles. The van der Waals surface area contributed by atoms with Gasteiger partial charge in [0.1, 0.15) is 12.4 Å². The van der Waals surface area contributed by atoms with Crippen LogP contribution in [0, 0.1) is 0 Å². The number of rotatable bonds is 7. The maximum atomic E-state index is 13.4. The quantitative estimate of drug-likeness (QED) is 0.416. The van der Waals surface area contributed by atoms with E-state index in [1.165, 1.54) is 6.07 Å². The number of fused-ring (bicyclic) bond motifs is 1. The van der Waals surface area contributed by atoms with Crippen molar-refractivity contribution in [3.05, 3.63) is 89.0 Å². The molecule has 1 saturated heterocycles. The average Bonchev–Trinajstić information content (AvgIpc) is 3.24. The number of hydrogen-bond acceptors (Lipinski definition) is 5. The van der Waals surface area contributed by atoms with E-state index in [0.717, 1.165) is 16.5 Å². The number of benzene rings is 2. The predicted molar refractivity (Wildman–Crippen MR) is 123 cm³/mol. The molecule has 0 bridgehead atoms. The maximum Gasteiger partial charge on any atom is 0.368 e. The largest absolute Gasteiger partial charge is 0.489 e. The molecule has 0 aliphatic carbocycles. The van der Waals surface area contributed by atoms with Crippen LogP contribution < -0.4 is 10.3 Å². The van der Waals surface area contributed by atoms with Gasteiger partial charge in [0.05, 0.1) is 31.4 Å². The standard InChI is InChI=1S/C25H24F2N4O3/c26-25(27)18-29(12-13-34-25)10-11-31-23-7-6-21(14-20(23)16-28-31)30-9-8-22(15-24(30)32)33-17-19-4-2-1-3-5-19/h1-9,14-16H,10-13,17-18H2. The number of hydrogen-bond donors (Lipinski definition) is 0. The first-order chi connectivity index (χ1) is 16.5. The minimum absolute atomic E-state index is 0.0149. The van der Waals surface area contributed by atoms with Gasteiger partial charge in [0.15, 0.2) is 0 Å². The normalized spacial score (nSPS) is 16.1. The number of aromatic nitrogens is 3. The van der Waals surface area contributed by atoms with E-state index in [4.69, 9.17) is 4.74 Å². The van der Waals surface area contributed by atoms with E-state index in [-0.39, 0.29) is 12.2 Å². The molecule has 1 fully saturated rings. The monoisotopic (exact) mass is 466 g/mol. The first-order valence-electron chi connectivity index (χ1n) is 11.1. The van der Waals surface area contributed by atoms with Crippen molar-refractivity contribution in [1.82, 2.24) is 19.2 Å². The topological polar surface area (TPSA) is 61.5 Å². The number of alkyl halides is 2. The molecule has 1 aliphatic heterocycles. The van der Waals surface area contributed by atoms with Crippen molar-refractivity contribution >= 4 is 10.9 Å². The zero-order chi connectivity index (χ0) is 23.5. The second kappa shape index (κ2) is 9.36. The van der Waals surface area contributed by atoms with E-state index < -0.39 is 12.7 Å². The Labute approximate surface area is 194 Å². The highest BCUT2D eigenvalue weighted by Crippen LogP contribution is 2.22. The fourth-order valence-electron chi connectivity index (χ4n) is 4.04. The zero-order valence-corrected chi connectivity index (χ0v) is 18.4. The SMILES string of the molecule is O=c1cc(OCc2ccccc2)ccn1-c1ccc2c(cnn2CCN2CCOC(F)(F)C2)c1. The van der Waals surface area contributed by atoms with Crippen LogP contribution in [-0.2, 0) is 17.9 Å². The molecular formula is C25H24F2N4O3.